The maximum atomic E-state index is 12.0. The predicted octanol–water partition coefficient (Wildman–Crippen LogP) is 4.31. The molecule has 2 nitrogen and oxygen atoms in total. The van der Waals surface area contributed by atoms with Crippen LogP contribution in [0.1, 0.15) is 30.5 Å². The number of rotatable bonds is 6. The molecule has 1 aromatic heterocycles. The van der Waals surface area contributed by atoms with Crippen molar-refractivity contribution in [3.8, 4) is 0 Å². The van der Waals surface area contributed by atoms with Crippen molar-refractivity contribution in [2.24, 2.45) is 7.05 Å². The van der Waals surface area contributed by atoms with Crippen molar-refractivity contribution in [1.82, 2.24) is 9.88 Å². The van der Waals surface area contributed by atoms with Gasteiger partial charge in [0.15, 0.2) is 0 Å². The van der Waals surface area contributed by atoms with Gasteiger partial charge in [0.1, 0.15) is 0 Å². The van der Waals surface area contributed by atoms with E-state index >= 15 is 0 Å². The highest BCUT2D eigenvalue weighted by Gasteiger charge is 2.25. The number of hydrogen-bond acceptors (Lipinski definition) is 1. The molecule has 0 saturated carbocycles. The molecule has 116 valence electrons. The van der Waals surface area contributed by atoms with Crippen LogP contribution in [0.15, 0.2) is 24.3 Å². The van der Waals surface area contributed by atoms with Gasteiger partial charge in [-0.05, 0) is 37.9 Å². The van der Waals surface area contributed by atoms with E-state index in [-0.39, 0.29) is 6.42 Å². The van der Waals surface area contributed by atoms with Crippen molar-refractivity contribution < 1.29 is 13.2 Å². The summed E-state index contributed by atoms with van der Waals surface area (Å²) >= 11 is 0. The topological polar surface area (TPSA) is 17.0 Å². The van der Waals surface area contributed by atoms with Crippen molar-refractivity contribution in [3.05, 3.63) is 35.5 Å². The summed E-state index contributed by atoms with van der Waals surface area (Å²) in [4.78, 5) is 0. The third kappa shape index (κ3) is 4.00. The van der Waals surface area contributed by atoms with Crippen molar-refractivity contribution in [1.29, 1.82) is 0 Å². The molecular formula is C16H21F3N2. The van der Waals surface area contributed by atoms with Gasteiger partial charge < -0.3 is 9.88 Å². The maximum Gasteiger partial charge on any atom is 0.389 e. The molecule has 0 aliphatic carbocycles. The van der Waals surface area contributed by atoms with E-state index in [0.717, 1.165) is 0 Å². The summed E-state index contributed by atoms with van der Waals surface area (Å²) in [7, 11) is 2.02. The monoisotopic (exact) mass is 298 g/mol. The molecule has 0 fully saturated rings. The zero-order valence-electron chi connectivity index (χ0n) is 12.4. The van der Waals surface area contributed by atoms with E-state index in [1.165, 1.54) is 22.2 Å². The second-order valence-electron chi connectivity index (χ2n) is 5.40. The number of benzene rings is 1. The smallest absolute Gasteiger partial charge is 0.346 e. The summed E-state index contributed by atoms with van der Waals surface area (Å²) in [5.74, 6) is 0. The van der Waals surface area contributed by atoms with Crippen LogP contribution in [-0.4, -0.2) is 17.3 Å². The fourth-order valence-electron chi connectivity index (χ4n) is 2.67. The number of hydrogen-bond donors (Lipinski definition) is 1. The number of aryl methyl sites for hydroxylation is 2. The molecule has 1 heterocycles. The van der Waals surface area contributed by atoms with E-state index in [4.69, 9.17) is 0 Å². The van der Waals surface area contributed by atoms with E-state index in [0.29, 0.717) is 19.5 Å². The second-order valence-corrected chi connectivity index (χ2v) is 5.40. The Kier molecular flexibility index (Phi) is 4.93. The zero-order valence-corrected chi connectivity index (χ0v) is 12.4. The molecule has 0 aliphatic heterocycles. The van der Waals surface area contributed by atoms with Gasteiger partial charge in [-0.25, -0.2) is 0 Å². The Hall–Kier alpha value is -1.49. The van der Waals surface area contributed by atoms with Crippen molar-refractivity contribution in [2.45, 2.75) is 38.9 Å². The average Bonchev–Trinajstić information content (AvgIpc) is 2.66. The van der Waals surface area contributed by atoms with Gasteiger partial charge in [0.2, 0.25) is 0 Å². The first-order valence-corrected chi connectivity index (χ1v) is 7.20. The van der Waals surface area contributed by atoms with Crippen LogP contribution in [0.25, 0.3) is 10.9 Å². The Morgan fingerprint density at radius 2 is 1.86 bits per heavy atom. The highest BCUT2D eigenvalue weighted by Crippen LogP contribution is 2.24. The van der Waals surface area contributed by atoms with Gasteiger partial charge in [-0.15, -0.1) is 0 Å². The second kappa shape index (κ2) is 6.52. The average molecular weight is 298 g/mol. The normalized spacial score (nSPS) is 12.2. The van der Waals surface area contributed by atoms with Crippen LogP contribution < -0.4 is 5.32 Å². The molecule has 0 spiro atoms. The van der Waals surface area contributed by atoms with Crippen LogP contribution in [-0.2, 0) is 13.6 Å². The molecule has 0 bridgehead atoms. The number of para-hydroxylation sites is 1. The molecule has 0 saturated heterocycles. The molecule has 0 radical (unpaired) electrons. The Balaban J connectivity index is 1.87. The number of alkyl halides is 3. The Morgan fingerprint density at radius 1 is 1.14 bits per heavy atom. The predicted molar refractivity (Wildman–Crippen MR) is 79.3 cm³/mol. The minimum Gasteiger partial charge on any atom is -0.346 e. The lowest BCUT2D eigenvalue weighted by Gasteiger charge is -2.09. The molecule has 0 amide bonds. The maximum absolute atomic E-state index is 12.0. The lowest BCUT2D eigenvalue weighted by molar-refractivity contribution is -0.135. The first-order valence-electron chi connectivity index (χ1n) is 7.20. The molecule has 0 atom stereocenters. The number of aromatic nitrogens is 1. The molecule has 21 heavy (non-hydrogen) atoms. The van der Waals surface area contributed by atoms with Crippen molar-refractivity contribution in [2.75, 3.05) is 6.54 Å². The van der Waals surface area contributed by atoms with E-state index in [2.05, 4.69) is 28.9 Å². The van der Waals surface area contributed by atoms with E-state index in [1.807, 2.05) is 19.2 Å². The largest absolute Gasteiger partial charge is 0.389 e. The summed E-state index contributed by atoms with van der Waals surface area (Å²) in [6, 6.07) is 8.20. The lowest BCUT2D eigenvalue weighted by atomic mass is 10.1. The fraction of sp³-hybridized carbons (Fsp3) is 0.500. The molecule has 0 aliphatic rings. The van der Waals surface area contributed by atoms with Crippen molar-refractivity contribution in [3.63, 3.8) is 0 Å². The van der Waals surface area contributed by atoms with Gasteiger partial charge in [-0.3, -0.25) is 0 Å². The highest BCUT2D eigenvalue weighted by atomic mass is 19.4. The number of fused-ring (bicyclic) bond motifs is 1. The Morgan fingerprint density at radius 3 is 2.52 bits per heavy atom. The number of halogens is 3. The zero-order chi connectivity index (χ0) is 15.5. The lowest BCUT2D eigenvalue weighted by Crippen LogP contribution is -2.18. The fourth-order valence-corrected chi connectivity index (χ4v) is 2.67. The standard InChI is InChI=1S/C16H21F3N2/c1-12-13-7-3-4-8-14(13)21(2)15(12)11-20-10-6-5-9-16(17,18)19/h3-4,7-8,20H,5-6,9-11H2,1-2H3. The van der Waals surface area contributed by atoms with Crippen LogP contribution in [0.3, 0.4) is 0 Å². The summed E-state index contributed by atoms with van der Waals surface area (Å²) in [6.07, 6.45) is -4.00. The van der Waals surface area contributed by atoms with E-state index in [9.17, 15) is 13.2 Å². The third-order valence-electron chi connectivity index (χ3n) is 3.86. The van der Waals surface area contributed by atoms with Gasteiger partial charge in [0, 0.05) is 36.6 Å². The summed E-state index contributed by atoms with van der Waals surface area (Å²) in [6.45, 7) is 3.38. The minimum absolute atomic E-state index is 0.185. The quantitative estimate of drug-likeness (QED) is 0.786. The summed E-state index contributed by atoms with van der Waals surface area (Å²) < 4.78 is 38.2. The number of nitrogens with zero attached hydrogens (tertiary/aromatic N) is 1. The van der Waals surface area contributed by atoms with Crippen LogP contribution >= 0.6 is 0 Å². The van der Waals surface area contributed by atoms with E-state index in [1.54, 1.807) is 0 Å². The highest BCUT2D eigenvalue weighted by molar-refractivity contribution is 5.85. The minimum atomic E-state index is -4.04. The van der Waals surface area contributed by atoms with Crippen LogP contribution in [0.4, 0.5) is 13.2 Å². The first-order chi connectivity index (χ1) is 9.90. The molecular weight excluding hydrogens is 277 g/mol. The molecule has 0 unspecified atom stereocenters. The van der Waals surface area contributed by atoms with Gasteiger partial charge in [-0.1, -0.05) is 18.2 Å². The van der Waals surface area contributed by atoms with Crippen LogP contribution in [0.5, 0.6) is 0 Å². The molecule has 1 aromatic carbocycles. The van der Waals surface area contributed by atoms with Gasteiger partial charge in [0.25, 0.3) is 0 Å². The molecule has 5 heteroatoms. The van der Waals surface area contributed by atoms with Crippen LogP contribution in [0, 0.1) is 6.92 Å². The Bertz CT molecular complexity index is 560. The van der Waals surface area contributed by atoms with Gasteiger partial charge in [-0.2, -0.15) is 13.2 Å². The summed E-state index contributed by atoms with van der Waals surface area (Å²) in [5, 5.41) is 4.47. The molecule has 1 N–H and O–H groups in total. The Labute approximate surface area is 122 Å². The third-order valence-corrected chi connectivity index (χ3v) is 3.86. The molecule has 2 aromatic rings. The number of unbranched alkanes of at least 4 members (excludes halogenated alkanes) is 1. The van der Waals surface area contributed by atoms with Crippen molar-refractivity contribution >= 4 is 10.9 Å². The van der Waals surface area contributed by atoms with Gasteiger partial charge >= 0.3 is 6.18 Å². The van der Waals surface area contributed by atoms with Gasteiger partial charge in [0.05, 0.1) is 0 Å². The molecule has 2 rings (SSSR count). The summed E-state index contributed by atoms with van der Waals surface area (Å²) in [5.41, 5.74) is 3.60. The van der Waals surface area contributed by atoms with Crippen LogP contribution in [0.2, 0.25) is 0 Å². The first kappa shape index (κ1) is 15.9. The van der Waals surface area contributed by atoms with E-state index < -0.39 is 12.6 Å². The SMILES string of the molecule is Cc1c(CNCCCCC(F)(F)F)n(C)c2ccccc12. The number of nitrogens with one attached hydrogen (secondary N) is 1.